The van der Waals surface area contributed by atoms with Crippen LogP contribution in [0.2, 0.25) is 10.0 Å². The second kappa shape index (κ2) is 9.02. The van der Waals surface area contributed by atoms with Gasteiger partial charge in [-0.25, -0.2) is 14.5 Å². The van der Waals surface area contributed by atoms with E-state index in [4.69, 9.17) is 27.9 Å². The van der Waals surface area contributed by atoms with E-state index in [-0.39, 0.29) is 12.0 Å². The standard InChI is InChI=1S/C21H22Cl2N4O3/c1-11(2)17-8-14(15-9-24-27(12(3)4)20(15)26-17)21(29)30-10-19(28)25-18-7-13(22)5-6-16(18)23/h5-9,11-12H,10H2,1-4H3,(H,25,28). The van der Waals surface area contributed by atoms with Gasteiger partial charge < -0.3 is 10.1 Å². The molecule has 0 atom stereocenters. The van der Waals surface area contributed by atoms with E-state index in [9.17, 15) is 9.59 Å². The molecule has 0 aliphatic carbocycles. The van der Waals surface area contributed by atoms with Crippen molar-refractivity contribution in [1.29, 1.82) is 0 Å². The molecule has 158 valence electrons. The van der Waals surface area contributed by atoms with E-state index < -0.39 is 18.5 Å². The van der Waals surface area contributed by atoms with Gasteiger partial charge in [0.1, 0.15) is 0 Å². The van der Waals surface area contributed by atoms with Crippen LogP contribution in [0.1, 0.15) is 55.7 Å². The van der Waals surface area contributed by atoms with Gasteiger partial charge in [-0.15, -0.1) is 0 Å². The maximum absolute atomic E-state index is 12.8. The molecule has 7 nitrogen and oxygen atoms in total. The predicted molar refractivity (Wildman–Crippen MR) is 117 cm³/mol. The lowest BCUT2D eigenvalue weighted by Crippen LogP contribution is -2.21. The van der Waals surface area contributed by atoms with Crippen molar-refractivity contribution >= 4 is 51.8 Å². The number of rotatable bonds is 6. The van der Waals surface area contributed by atoms with Crippen molar-refractivity contribution in [2.45, 2.75) is 39.7 Å². The van der Waals surface area contributed by atoms with Crippen LogP contribution in [0.3, 0.4) is 0 Å². The molecule has 1 amide bonds. The van der Waals surface area contributed by atoms with E-state index in [1.54, 1.807) is 29.1 Å². The van der Waals surface area contributed by atoms with Crippen LogP contribution in [-0.2, 0) is 9.53 Å². The number of amides is 1. The van der Waals surface area contributed by atoms with E-state index in [1.807, 2.05) is 27.7 Å². The smallest absolute Gasteiger partial charge is 0.339 e. The zero-order valence-electron chi connectivity index (χ0n) is 17.1. The van der Waals surface area contributed by atoms with E-state index in [2.05, 4.69) is 15.4 Å². The lowest BCUT2D eigenvalue weighted by atomic mass is 10.1. The highest BCUT2D eigenvalue weighted by molar-refractivity contribution is 6.35. The van der Waals surface area contributed by atoms with Crippen molar-refractivity contribution in [2.75, 3.05) is 11.9 Å². The Morgan fingerprint density at radius 2 is 1.90 bits per heavy atom. The molecular weight excluding hydrogens is 427 g/mol. The molecule has 0 spiro atoms. The van der Waals surface area contributed by atoms with Crippen LogP contribution in [0, 0.1) is 0 Å². The fraction of sp³-hybridized carbons (Fsp3) is 0.333. The molecule has 30 heavy (non-hydrogen) atoms. The zero-order chi connectivity index (χ0) is 22.0. The molecular formula is C21H22Cl2N4O3. The minimum atomic E-state index is -0.625. The Morgan fingerprint density at radius 3 is 2.57 bits per heavy atom. The molecule has 0 aliphatic rings. The molecule has 1 N–H and O–H groups in total. The highest BCUT2D eigenvalue weighted by atomic mass is 35.5. The predicted octanol–water partition coefficient (Wildman–Crippen LogP) is 5.24. The molecule has 2 heterocycles. The normalized spacial score (nSPS) is 11.3. The van der Waals surface area contributed by atoms with E-state index in [0.29, 0.717) is 32.3 Å². The summed E-state index contributed by atoms with van der Waals surface area (Å²) >= 11 is 12.0. The Morgan fingerprint density at radius 1 is 1.17 bits per heavy atom. The Bertz CT molecular complexity index is 1110. The Labute approximate surface area is 184 Å². The number of nitrogens with zero attached hydrogens (tertiary/aromatic N) is 3. The van der Waals surface area contributed by atoms with Gasteiger partial charge in [0, 0.05) is 16.8 Å². The summed E-state index contributed by atoms with van der Waals surface area (Å²) in [5.74, 6) is -1.05. The SMILES string of the molecule is CC(C)c1cc(C(=O)OCC(=O)Nc2cc(Cl)ccc2Cl)c2cnn(C(C)C)c2n1. The third-order valence-electron chi connectivity index (χ3n) is 4.42. The number of fused-ring (bicyclic) bond motifs is 1. The Kier molecular flexibility index (Phi) is 6.63. The molecule has 0 bridgehead atoms. The van der Waals surface area contributed by atoms with Gasteiger partial charge in [-0.2, -0.15) is 5.10 Å². The van der Waals surface area contributed by atoms with Crippen LogP contribution in [-0.4, -0.2) is 33.2 Å². The first-order valence-corrected chi connectivity index (χ1v) is 10.2. The minimum Gasteiger partial charge on any atom is -0.452 e. The number of aromatic nitrogens is 3. The Balaban J connectivity index is 1.81. The van der Waals surface area contributed by atoms with Crippen LogP contribution in [0.5, 0.6) is 0 Å². The van der Waals surface area contributed by atoms with Gasteiger partial charge in [0.25, 0.3) is 5.91 Å². The number of benzene rings is 1. The summed E-state index contributed by atoms with van der Waals surface area (Å²) in [5.41, 5.74) is 2.02. The summed E-state index contributed by atoms with van der Waals surface area (Å²) in [4.78, 5) is 29.7. The van der Waals surface area contributed by atoms with Gasteiger partial charge >= 0.3 is 5.97 Å². The second-order valence-electron chi connectivity index (χ2n) is 7.42. The zero-order valence-corrected chi connectivity index (χ0v) is 18.6. The number of carbonyl (C=O) groups excluding carboxylic acids is 2. The molecule has 0 aliphatic heterocycles. The van der Waals surface area contributed by atoms with Crippen molar-refractivity contribution in [3.8, 4) is 0 Å². The van der Waals surface area contributed by atoms with Crippen molar-refractivity contribution in [3.05, 3.63) is 51.8 Å². The van der Waals surface area contributed by atoms with Gasteiger partial charge in [0.2, 0.25) is 0 Å². The fourth-order valence-corrected chi connectivity index (χ4v) is 3.21. The van der Waals surface area contributed by atoms with Gasteiger partial charge in [0.15, 0.2) is 12.3 Å². The number of esters is 1. The van der Waals surface area contributed by atoms with E-state index in [1.165, 1.54) is 6.07 Å². The summed E-state index contributed by atoms with van der Waals surface area (Å²) in [5, 5.41) is 8.27. The van der Waals surface area contributed by atoms with Crippen LogP contribution < -0.4 is 5.32 Å². The lowest BCUT2D eigenvalue weighted by Gasteiger charge is -2.12. The van der Waals surface area contributed by atoms with Crippen LogP contribution in [0.4, 0.5) is 5.69 Å². The third kappa shape index (κ3) is 4.74. The number of hydrogen-bond donors (Lipinski definition) is 1. The van der Waals surface area contributed by atoms with Crippen molar-refractivity contribution < 1.29 is 14.3 Å². The van der Waals surface area contributed by atoms with Gasteiger partial charge in [0.05, 0.1) is 27.9 Å². The number of nitrogens with one attached hydrogen (secondary N) is 1. The second-order valence-corrected chi connectivity index (χ2v) is 8.26. The first-order valence-electron chi connectivity index (χ1n) is 9.47. The number of carbonyl (C=O) groups is 2. The molecule has 0 saturated heterocycles. The van der Waals surface area contributed by atoms with Gasteiger partial charge in [-0.05, 0) is 44.0 Å². The maximum Gasteiger partial charge on any atom is 0.339 e. The summed E-state index contributed by atoms with van der Waals surface area (Å²) in [6.07, 6.45) is 1.59. The first-order chi connectivity index (χ1) is 14.2. The van der Waals surface area contributed by atoms with E-state index in [0.717, 1.165) is 5.69 Å². The minimum absolute atomic E-state index is 0.0782. The molecule has 3 aromatic rings. The number of halogens is 2. The fourth-order valence-electron chi connectivity index (χ4n) is 2.87. The van der Waals surface area contributed by atoms with Crippen LogP contribution >= 0.6 is 23.2 Å². The highest BCUT2D eigenvalue weighted by Crippen LogP contribution is 2.26. The lowest BCUT2D eigenvalue weighted by molar-refractivity contribution is -0.119. The van der Waals surface area contributed by atoms with Crippen molar-refractivity contribution in [1.82, 2.24) is 14.8 Å². The molecule has 1 aromatic carbocycles. The van der Waals surface area contributed by atoms with Crippen LogP contribution in [0.15, 0.2) is 30.5 Å². The number of anilines is 1. The van der Waals surface area contributed by atoms with Crippen molar-refractivity contribution in [3.63, 3.8) is 0 Å². The van der Waals surface area contributed by atoms with Crippen LogP contribution in [0.25, 0.3) is 11.0 Å². The molecule has 0 saturated carbocycles. The topological polar surface area (TPSA) is 86.1 Å². The average molecular weight is 449 g/mol. The molecule has 9 heteroatoms. The summed E-state index contributed by atoms with van der Waals surface area (Å²) in [6, 6.07) is 6.46. The van der Waals surface area contributed by atoms with Crippen molar-refractivity contribution in [2.24, 2.45) is 0 Å². The number of hydrogen-bond acceptors (Lipinski definition) is 5. The van der Waals surface area contributed by atoms with Gasteiger partial charge in [-0.3, -0.25) is 4.79 Å². The quantitative estimate of drug-likeness (QED) is 0.521. The maximum atomic E-state index is 12.8. The molecule has 0 fully saturated rings. The highest BCUT2D eigenvalue weighted by Gasteiger charge is 2.20. The summed E-state index contributed by atoms with van der Waals surface area (Å²) in [6.45, 7) is 7.48. The third-order valence-corrected chi connectivity index (χ3v) is 4.99. The van der Waals surface area contributed by atoms with Gasteiger partial charge in [-0.1, -0.05) is 37.0 Å². The Hall–Kier alpha value is -2.64. The monoisotopic (exact) mass is 448 g/mol. The number of pyridine rings is 1. The molecule has 0 unspecified atom stereocenters. The number of ether oxygens (including phenoxy) is 1. The summed E-state index contributed by atoms with van der Waals surface area (Å²) in [7, 11) is 0. The molecule has 0 radical (unpaired) electrons. The first kappa shape index (κ1) is 22.1. The van der Waals surface area contributed by atoms with E-state index >= 15 is 0 Å². The molecule has 2 aromatic heterocycles. The average Bonchev–Trinajstić information content (AvgIpc) is 3.12. The molecule has 3 rings (SSSR count). The summed E-state index contributed by atoms with van der Waals surface area (Å²) < 4.78 is 7.01. The largest absolute Gasteiger partial charge is 0.452 e.